The van der Waals surface area contributed by atoms with Crippen LogP contribution >= 0.6 is 0 Å². The van der Waals surface area contributed by atoms with E-state index in [9.17, 15) is 19.2 Å². The topological polar surface area (TPSA) is 113 Å². The molecule has 0 unspecified atom stereocenters. The molecule has 0 aliphatic carbocycles. The van der Waals surface area contributed by atoms with Crippen LogP contribution in [0.2, 0.25) is 0 Å². The maximum Gasteiger partial charge on any atom is 0.337 e. The number of Topliss-reactive ketones (excluding diaryl/α,β-unsaturated/α-hetero) is 1. The summed E-state index contributed by atoms with van der Waals surface area (Å²) in [5.41, 5.74) is 3.34. The summed E-state index contributed by atoms with van der Waals surface area (Å²) in [6, 6.07) is 15.1. The number of esters is 2. The highest BCUT2D eigenvalue weighted by atomic mass is 16.5. The summed E-state index contributed by atoms with van der Waals surface area (Å²) >= 11 is 0. The molecule has 0 radical (unpaired) electrons. The molecule has 1 heterocycles. The van der Waals surface area contributed by atoms with Gasteiger partial charge in [0.15, 0.2) is 6.61 Å². The molecule has 0 aliphatic rings. The van der Waals surface area contributed by atoms with Gasteiger partial charge >= 0.3 is 11.9 Å². The van der Waals surface area contributed by atoms with E-state index in [-0.39, 0.29) is 11.3 Å². The first-order valence-corrected chi connectivity index (χ1v) is 10.7. The Labute approximate surface area is 202 Å². The van der Waals surface area contributed by atoms with Gasteiger partial charge in [0.2, 0.25) is 5.78 Å². The summed E-state index contributed by atoms with van der Waals surface area (Å²) in [5.74, 6) is -1.67. The number of hydrogen-bond acceptors (Lipinski definition) is 7. The Morgan fingerprint density at radius 1 is 0.914 bits per heavy atom. The van der Waals surface area contributed by atoms with Crippen molar-refractivity contribution in [2.24, 2.45) is 0 Å². The molecule has 0 spiro atoms. The Bertz CT molecular complexity index is 1260. The maximum absolute atomic E-state index is 12.7. The number of carbonyl (C=O) groups excluding carboxylic acids is 4. The van der Waals surface area contributed by atoms with Crippen LogP contribution in [0.15, 0.2) is 54.6 Å². The first-order valence-electron chi connectivity index (χ1n) is 10.7. The summed E-state index contributed by atoms with van der Waals surface area (Å²) in [6.07, 6.45) is 0. The minimum Gasteiger partial charge on any atom is -0.496 e. The van der Waals surface area contributed by atoms with Crippen molar-refractivity contribution in [2.75, 3.05) is 27.4 Å². The lowest BCUT2D eigenvalue weighted by molar-refractivity contribution is -0.141. The molecule has 0 saturated carbocycles. The average molecular weight is 479 g/mol. The number of methoxy groups -OCH3 is 2. The molecule has 0 aliphatic heterocycles. The zero-order valence-electron chi connectivity index (χ0n) is 19.9. The summed E-state index contributed by atoms with van der Waals surface area (Å²) in [5, 5.41) is 2.46. The molecule has 9 heteroatoms. The highest BCUT2D eigenvalue weighted by Gasteiger charge is 2.19. The third-order valence-electron chi connectivity index (χ3n) is 5.39. The third-order valence-corrected chi connectivity index (χ3v) is 5.39. The highest BCUT2D eigenvalue weighted by Crippen LogP contribution is 2.22. The van der Waals surface area contributed by atoms with Crippen molar-refractivity contribution < 1.29 is 33.4 Å². The Hall–Kier alpha value is -4.40. The van der Waals surface area contributed by atoms with Gasteiger partial charge in [-0.1, -0.05) is 12.1 Å². The minimum atomic E-state index is -0.742. The number of hydrogen-bond donors (Lipinski definition) is 1. The summed E-state index contributed by atoms with van der Waals surface area (Å²) < 4.78 is 16.8. The second-order valence-corrected chi connectivity index (χ2v) is 7.63. The third kappa shape index (κ3) is 5.75. The van der Waals surface area contributed by atoms with E-state index in [1.54, 1.807) is 61.5 Å². The van der Waals surface area contributed by atoms with Gasteiger partial charge in [0, 0.05) is 22.6 Å². The molecule has 9 nitrogen and oxygen atoms in total. The largest absolute Gasteiger partial charge is 0.496 e. The molecule has 1 aromatic heterocycles. The van der Waals surface area contributed by atoms with Gasteiger partial charge in [-0.3, -0.25) is 14.4 Å². The summed E-state index contributed by atoms with van der Waals surface area (Å²) in [6.45, 7) is 2.77. The molecular formula is C26H26N2O7. The van der Waals surface area contributed by atoms with E-state index >= 15 is 0 Å². The van der Waals surface area contributed by atoms with Gasteiger partial charge < -0.3 is 24.1 Å². The van der Waals surface area contributed by atoms with Gasteiger partial charge in [0.25, 0.3) is 5.91 Å². The number of nitrogens with one attached hydrogen (secondary N) is 1. The number of ether oxygens (including phenoxy) is 3. The molecule has 1 N–H and O–H groups in total. The fraction of sp³-hybridized carbons (Fsp3) is 0.231. The van der Waals surface area contributed by atoms with E-state index in [1.807, 2.05) is 11.5 Å². The Balaban J connectivity index is 1.61. The summed E-state index contributed by atoms with van der Waals surface area (Å²) in [4.78, 5) is 48.8. The minimum absolute atomic E-state index is 0.283. The normalized spacial score (nSPS) is 10.4. The van der Waals surface area contributed by atoms with Crippen molar-refractivity contribution in [2.45, 2.75) is 13.8 Å². The molecule has 0 saturated heterocycles. The summed E-state index contributed by atoms with van der Waals surface area (Å²) in [7, 11) is 2.76. The van der Waals surface area contributed by atoms with E-state index < -0.39 is 31.0 Å². The van der Waals surface area contributed by atoms with Crippen LogP contribution in [-0.4, -0.2) is 55.6 Å². The second-order valence-electron chi connectivity index (χ2n) is 7.63. The molecule has 0 bridgehead atoms. The van der Waals surface area contributed by atoms with Gasteiger partial charge in [-0.2, -0.15) is 0 Å². The highest BCUT2D eigenvalue weighted by molar-refractivity contribution is 6.00. The van der Waals surface area contributed by atoms with E-state index in [0.29, 0.717) is 22.6 Å². The standard InChI is InChI=1S/C26H26N2O7/c1-16-13-21(17(2)28(16)19-11-9-18(10-12-19)26(32)34-4)22(29)15-35-24(30)14-27-25(31)20-7-5-6-8-23(20)33-3/h5-13H,14-15H2,1-4H3,(H,27,31). The van der Waals surface area contributed by atoms with Gasteiger partial charge in [-0.25, -0.2) is 4.79 Å². The van der Waals surface area contributed by atoms with Crippen molar-refractivity contribution in [3.8, 4) is 11.4 Å². The lowest BCUT2D eigenvalue weighted by atomic mass is 10.1. The molecular weight excluding hydrogens is 452 g/mol. The number of amides is 1. The molecule has 182 valence electrons. The van der Waals surface area contributed by atoms with Gasteiger partial charge in [0.1, 0.15) is 12.3 Å². The fourth-order valence-electron chi connectivity index (χ4n) is 3.66. The molecule has 1 amide bonds. The van der Waals surface area contributed by atoms with Crippen LogP contribution in [-0.2, 0) is 14.3 Å². The van der Waals surface area contributed by atoms with Crippen LogP contribution in [0, 0.1) is 13.8 Å². The molecule has 0 atom stereocenters. The van der Waals surface area contributed by atoms with Crippen LogP contribution in [0.1, 0.15) is 42.5 Å². The Morgan fingerprint density at radius 3 is 2.26 bits per heavy atom. The van der Waals surface area contributed by atoms with Gasteiger partial charge in [0.05, 0.1) is 25.3 Å². The fourth-order valence-corrected chi connectivity index (χ4v) is 3.66. The molecule has 2 aromatic carbocycles. The van der Waals surface area contributed by atoms with E-state index in [0.717, 1.165) is 11.4 Å². The van der Waals surface area contributed by atoms with Crippen molar-refractivity contribution in [1.82, 2.24) is 9.88 Å². The van der Waals surface area contributed by atoms with Crippen LogP contribution in [0.5, 0.6) is 5.75 Å². The predicted molar refractivity (Wildman–Crippen MR) is 127 cm³/mol. The zero-order valence-corrected chi connectivity index (χ0v) is 19.9. The van der Waals surface area contributed by atoms with Crippen molar-refractivity contribution in [3.63, 3.8) is 0 Å². The first-order chi connectivity index (χ1) is 16.8. The Morgan fingerprint density at radius 2 is 1.60 bits per heavy atom. The number of carbonyl (C=O) groups is 4. The molecule has 35 heavy (non-hydrogen) atoms. The van der Waals surface area contributed by atoms with Crippen LogP contribution in [0.25, 0.3) is 5.69 Å². The van der Waals surface area contributed by atoms with E-state index in [1.165, 1.54) is 14.2 Å². The SMILES string of the molecule is COC(=O)c1ccc(-n2c(C)cc(C(=O)COC(=O)CNC(=O)c3ccccc3OC)c2C)cc1. The van der Waals surface area contributed by atoms with Gasteiger partial charge in [-0.05, 0) is 56.3 Å². The quantitative estimate of drug-likeness (QED) is 0.372. The van der Waals surface area contributed by atoms with E-state index in [4.69, 9.17) is 14.2 Å². The lowest BCUT2D eigenvalue weighted by Gasteiger charge is -2.11. The zero-order chi connectivity index (χ0) is 25.5. The van der Waals surface area contributed by atoms with Crippen LogP contribution in [0.4, 0.5) is 0 Å². The number of para-hydroxylation sites is 1. The molecule has 3 aromatic rings. The van der Waals surface area contributed by atoms with Crippen molar-refractivity contribution in [3.05, 3.63) is 82.7 Å². The van der Waals surface area contributed by atoms with Crippen LogP contribution < -0.4 is 10.1 Å². The number of rotatable bonds is 9. The maximum atomic E-state index is 12.7. The average Bonchev–Trinajstić information content (AvgIpc) is 3.18. The first kappa shape index (κ1) is 25.2. The number of ketones is 1. The van der Waals surface area contributed by atoms with Gasteiger partial charge in [-0.15, -0.1) is 0 Å². The predicted octanol–water partition coefficient (Wildman–Crippen LogP) is 3.05. The number of aryl methyl sites for hydroxylation is 1. The number of benzene rings is 2. The molecule has 0 fully saturated rings. The second kappa shape index (κ2) is 11.1. The van der Waals surface area contributed by atoms with Crippen LogP contribution in [0.3, 0.4) is 0 Å². The molecule has 3 rings (SSSR count). The smallest absolute Gasteiger partial charge is 0.337 e. The number of nitrogens with zero attached hydrogens (tertiary/aromatic N) is 1. The van der Waals surface area contributed by atoms with E-state index in [2.05, 4.69) is 5.32 Å². The monoisotopic (exact) mass is 478 g/mol. The van der Waals surface area contributed by atoms with Crippen molar-refractivity contribution >= 4 is 23.6 Å². The lowest BCUT2D eigenvalue weighted by Crippen LogP contribution is -2.31. The van der Waals surface area contributed by atoms with Crippen molar-refractivity contribution in [1.29, 1.82) is 0 Å². The number of aromatic nitrogens is 1. The Kier molecular flexibility index (Phi) is 8.04.